The minimum atomic E-state index is -0.253. The number of benzene rings is 2. The number of nitrogens with one attached hydrogen (secondary N) is 1. The van der Waals surface area contributed by atoms with Crippen LogP contribution in [0.25, 0.3) is 10.8 Å². The van der Waals surface area contributed by atoms with E-state index in [1.807, 2.05) is 49.4 Å². The second kappa shape index (κ2) is 9.31. The smallest absolute Gasteiger partial charge is 0.275 e. The Labute approximate surface area is 181 Å². The molecule has 0 saturated carbocycles. The van der Waals surface area contributed by atoms with Crippen LogP contribution >= 0.6 is 0 Å². The highest BCUT2D eigenvalue weighted by Gasteiger charge is 2.26. The van der Waals surface area contributed by atoms with Gasteiger partial charge in [-0.15, -0.1) is 0 Å². The van der Waals surface area contributed by atoms with Crippen LogP contribution in [0, 0.1) is 6.92 Å². The number of hydrogen-bond donors (Lipinski definition) is 1. The first-order valence-electron chi connectivity index (χ1n) is 10.7. The van der Waals surface area contributed by atoms with Crippen LogP contribution in [0.2, 0.25) is 0 Å². The van der Waals surface area contributed by atoms with Crippen LogP contribution < -0.4 is 15.6 Å². The molecule has 1 amide bonds. The van der Waals surface area contributed by atoms with Gasteiger partial charge in [-0.2, -0.15) is 5.10 Å². The van der Waals surface area contributed by atoms with Gasteiger partial charge in [0.05, 0.1) is 24.2 Å². The van der Waals surface area contributed by atoms with Crippen molar-refractivity contribution in [1.82, 2.24) is 20.0 Å². The number of aryl methyl sites for hydroxylation is 1. The summed E-state index contributed by atoms with van der Waals surface area (Å²) in [7, 11) is 1.67. The number of rotatable bonds is 7. The van der Waals surface area contributed by atoms with E-state index >= 15 is 0 Å². The van der Waals surface area contributed by atoms with Gasteiger partial charge in [-0.05, 0) is 45.0 Å². The van der Waals surface area contributed by atoms with Crippen LogP contribution in [0.15, 0.2) is 53.3 Å². The highest BCUT2D eigenvalue weighted by Crippen LogP contribution is 2.31. The number of ether oxygens (including phenoxy) is 1. The Balaban J connectivity index is 1.52. The van der Waals surface area contributed by atoms with E-state index in [4.69, 9.17) is 4.74 Å². The molecule has 2 aromatic carbocycles. The van der Waals surface area contributed by atoms with E-state index in [0.717, 1.165) is 48.3 Å². The van der Waals surface area contributed by atoms with Crippen LogP contribution in [0.4, 0.5) is 0 Å². The van der Waals surface area contributed by atoms with Crippen molar-refractivity contribution in [3.05, 3.63) is 70.1 Å². The molecule has 1 unspecified atom stereocenters. The summed E-state index contributed by atoms with van der Waals surface area (Å²) in [6.45, 7) is 4.16. The zero-order valence-electron chi connectivity index (χ0n) is 18.0. The van der Waals surface area contributed by atoms with Gasteiger partial charge in [0.15, 0.2) is 0 Å². The van der Waals surface area contributed by atoms with Crippen molar-refractivity contribution in [3.8, 4) is 5.75 Å². The summed E-state index contributed by atoms with van der Waals surface area (Å²) in [5.74, 6) is 0.583. The fourth-order valence-electron chi connectivity index (χ4n) is 4.34. The van der Waals surface area contributed by atoms with Crippen molar-refractivity contribution in [3.63, 3.8) is 0 Å². The molecule has 4 rings (SSSR count). The Morgan fingerprint density at radius 1 is 1.10 bits per heavy atom. The average Bonchev–Trinajstić information content (AvgIpc) is 3.32. The maximum Gasteiger partial charge on any atom is 0.275 e. The number of methoxy groups -OCH3 is 1. The van der Waals surface area contributed by atoms with Crippen LogP contribution in [-0.4, -0.2) is 47.3 Å². The van der Waals surface area contributed by atoms with Gasteiger partial charge in [0, 0.05) is 17.5 Å². The van der Waals surface area contributed by atoms with Crippen LogP contribution in [0.1, 0.15) is 30.1 Å². The predicted octanol–water partition coefficient (Wildman–Crippen LogP) is 2.67. The molecule has 1 fully saturated rings. The molecule has 0 aliphatic carbocycles. The third kappa shape index (κ3) is 4.46. The molecule has 1 atom stereocenters. The number of nitrogens with zero attached hydrogens (tertiary/aromatic N) is 3. The van der Waals surface area contributed by atoms with E-state index in [1.54, 1.807) is 13.2 Å². The van der Waals surface area contributed by atoms with Gasteiger partial charge in [0.1, 0.15) is 12.3 Å². The topological polar surface area (TPSA) is 76.5 Å². The fraction of sp³-hybridized carbons (Fsp3) is 0.375. The maximum atomic E-state index is 12.8. The summed E-state index contributed by atoms with van der Waals surface area (Å²) < 4.78 is 6.81. The standard InChI is InChI=1S/C24H28N4O3/c1-17-18-9-3-4-10-19(18)24(30)28(26-17)16-23(29)25-15-21(27-13-7-8-14-27)20-11-5-6-12-22(20)31-2/h3-6,9-12,21H,7-8,13-16H2,1-2H3,(H,25,29). The van der Waals surface area contributed by atoms with Crippen LogP contribution in [0.5, 0.6) is 5.75 Å². The molecule has 31 heavy (non-hydrogen) atoms. The van der Waals surface area contributed by atoms with Gasteiger partial charge < -0.3 is 10.1 Å². The molecular formula is C24H28N4O3. The Kier molecular flexibility index (Phi) is 6.32. The van der Waals surface area contributed by atoms with Crippen molar-refractivity contribution < 1.29 is 9.53 Å². The zero-order valence-corrected chi connectivity index (χ0v) is 18.0. The number of amides is 1. The summed E-state index contributed by atoms with van der Waals surface area (Å²) in [4.78, 5) is 27.9. The van der Waals surface area contributed by atoms with Crippen molar-refractivity contribution in [2.75, 3.05) is 26.7 Å². The zero-order chi connectivity index (χ0) is 21.8. The van der Waals surface area contributed by atoms with Gasteiger partial charge in [-0.1, -0.05) is 36.4 Å². The van der Waals surface area contributed by atoms with E-state index in [-0.39, 0.29) is 24.1 Å². The fourth-order valence-corrected chi connectivity index (χ4v) is 4.34. The van der Waals surface area contributed by atoms with E-state index in [2.05, 4.69) is 15.3 Å². The average molecular weight is 421 g/mol. The molecule has 1 N–H and O–H groups in total. The minimum Gasteiger partial charge on any atom is -0.496 e. The molecule has 7 nitrogen and oxygen atoms in total. The van der Waals surface area contributed by atoms with E-state index in [1.165, 1.54) is 4.68 Å². The Bertz CT molecular complexity index is 1140. The number of fused-ring (bicyclic) bond motifs is 1. The van der Waals surface area contributed by atoms with Crippen LogP contribution in [-0.2, 0) is 11.3 Å². The van der Waals surface area contributed by atoms with Gasteiger partial charge in [0.25, 0.3) is 5.56 Å². The molecule has 0 bridgehead atoms. The first-order valence-corrected chi connectivity index (χ1v) is 10.7. The molecule has 1 aromatic heterocycles. The quantitative estimate of drug-likeness (QED) is 0.636. The second-order valence-corrected chi connectivity index (χ2v) is 7.90. The maximum absolute atomic E-state index is 12.8. The molecule has 162 valence electrons. The predicted molar refractivity (Wildman–Crippen MR) is 120 cm³/mol. The lowest BCUT2D eigenvalue weighted by Gasteiger charge is -2.29. The Morgan fingerprint density at radius 2 is 1.77 bits per heavy atom. The minimum absolute atomic E-state index is 0.0191. The van der Waals surface area contributed by atoms with Gasteiger partial charge in [0.2, 0.25) is 5.91 Å². The van der Waals surface area contributed by atoms with Gasteiger partial charge in [-0.25, -0.2) is 4.68 Å². The first-order chi connectivity index (χ1) is 15.1. The second-order valence-electron chi connectivity index (χ2n) is 7.90. The van der Waals surface area contributed by atoms with Crippen molar-refractivity contribution in [2.45, 2.75) is 32.4 Å². The summed E-state index contributed by atoms with van der Waals surface area (Å²) in [5, 5.41) is 8.75. The highest BCUT2D eigenvalue weighted by molar-refractivity contribution is 5.83. The number of hydrogen-bond acceptors (Lipinski definition) is 5. The van der Waals surface area contributed by atoms with Crippen molar-refractivity contribution >= 4 is 16.7 Å². The van der Waals surface area contributed by atoms with Crippen molar-refractivity contribution in [1.29, 1.82) is 0 Å². The van der Waals surface area contributed by atoms with Crippen LogP contribution in [0.3, 0.4) is 0 Å². The number of para-hydroxylation sites is 1. The molecule has 3 aromatic rings. The lowest BCUT2D eigenvalue weighted by molar-refractivity contribution is -0.122. The first kappa shape index (κ1) is 21.1. The Hall–Kier alpha value is -3.19. The number of carbonyl (C=O) groups is 1. The summed E-state index contributed by atoms with van der Waals surface area (Å²) >= 11 is 0. The lowest BCUT2D eigenvalue weighted by atomic mass is 10.0. The molecule has 0 radical (unpaired) electrons. The lowest BCUT2D eigenvalue weighted by Crippen LogP contribution is -2.40. The van der Waals surface area contributed by atoms with E-state index in [9.17, 15) is 9.59 Å². The molecule has 1 aliphatic rings. The number of carbonyl (C=O) groups excluding carboxylic acids is 1. The summed E-state index contributed by atoms with van der Waals surface area (Å²) in [6.07, 6.45) is 2.30. The largest absolute Gasteiger partial charge is 0.496 e. The molecule has 1 aliphatic heterocycles. The SMILES string of the molecule is COc1ccccc1C(CNC(=O)Cn1nc(C)c2ccccc2c1=O)N1CCCC1. The third-order valence-corrected chi connectivity index (χ3v) is 5.92. The highest BCUT2D eigenvalue weighted by atomic mass is 16.5. The van der Waals surface area contributed by atoms with Crippen molar-refractivity contribution in [2.24, 2.45) is 0 Å². The normalized spacial score (nSPS) is 15.2. The monoisotopic (exact) mass is 420 g/mol. The number of likely N-dealkylation sites (tertiary alicyclic amines) is 1. The summed E-state index contributed by atoms with van der Waals surface area (Å²) in [6, 6.07) is 15.3. The number of aromatic nitrogens is 2. The molecule has 0 spiro atoms. The molecule has 7 heteroatoms. The third-order valence-electron chi connectivity index (χ3n) is 5.92. The Morgan fingerprint density at radius 3 is 2.52 bits per heavy atom. The van der Waals surface area contributed by atoms with E-state index in [0.29, 0.717) is 11.9 Å². The molecular weight excluding hydrogens is 392 g/mol. The molecule has 1 saturated heterocycles. The molecule has 2 heterocycles. The van der Waals surface area contributed by atoms with Gasteiger partial charge >= 0.3 is 0 Å². The summed E-state index contributed by atoms with van der Waals surface area (Å²) in [5.41, 5.74) is 1.54. The van der Waals surface area contributed by atoms with E-state index < -0.39 is 0 Å². The van der Waals surface area contributed by atoms with Gasteiger partial charge in [-0.3, -0.25) is 14.5 Å².